The molecule has 0 aliphatic rings. The van der Waals surface area contributed by atoms with E-state index in [9.17, 15) is 0 Å². The Balaban J connectivity index is 1.76. The zero-order valence-electron chi connectivity index (χ0n) is 16.9. The summed E-state index contributed by atoms with van der Waals surface area (Å²) in [6, 6.07) is 13.7. The Morgan fingerprint density at radius 1 is 1.04 bits per heavy atom. The SMILES string of the molecule is CC(C)CCCC(C)CCOc1ccc2nc3ccccc3cc2c1N=[N+]=[N-]. The van der Waals surface area contributed by atoms with Crippen LogP contribution >= 0.6 is 0 Å². The lowest BCUT2D eigenvalue weighted by Crippen LogP contribution is -2.05. The highest BCUT2D eigenvalue weighted by Crippen LogP contribution is 2.37. The quantitative estimate of drug-likeness (QED) is 0.167. The van der Waals surface area contributed by atoms with Crippen molar-refractivity contribution in [2.24, 2.45) is 17.0 Å². The molecule has 0 saturated heterocycles. The van der Waals surface area contributed by atoms with Gasteiger partial charge in [0, 0.05) is 15.7 Å². The van der Waals surface area contributed by atoms with E-state index < -0.39 is 0 Å². The summed E-state index contributed by atoms with van der Waals surface area (Å²) in [6.45, 7) is 7.42. The second-order valence-electron chi connectivity index (χ2n) is 7.92. The van der Waals surface area contributed by atoms with Gasteiger partial charge >= 0.3 is 0 Å². The minimum absolute atomic E-state index is 0.519. The minimum Gasteiger partial charge on any atom is -0.493 e. The Morgan fingerprint density at radius 3 is 2.64 bits per heavy atom. The maximum atomic E-state index is 9.05. The highest BCUT2D eigenvalue weighted by atomic mass is 16.5. The third kappa shape index (κ3) is 4.93. The van der Waals surface area contributed by atoms with Crippen LogP contribution in [-0.2, 0) is 0 Å². The lowest BCUT2D eigenvalue weighted by atomic mass is 9.98. The summed E-state index contributed by atoms with van der Waals surface area (Å²) in [5.74, 6) is 2.00. The summed E-state index contributed by atoms with van der Waals surface area (Å²) in [6.07, 6.45) is 4.75. The number of rotatable bonds is 9. The number of aromatic nitrogens is 1. The summed E-state index contributed by atoms with van der Waals surface area (Å²) < 4.78 is 6.02. The van der Waals surface area contributed by atoms with E-state index in [-0.39, 0.29) is 0 Å². The number of benzene rings is 2. The molecule has 1 aromatic heterocycles. The van der Waals surface area contributed by atoms with Crippen molar-refractivity contribution >= 4 is 27.5 Å². The van der Waals surface area contributed by atoms with Crippen molar-refractivity contribution in [2.45, 2.75) is 46.5 Å². The van der Waals surface area contributed by atoms with Crippen molar-refractivity contribution in [1.29, 1.82) is 0 Å². The first-order valence-corrected chi connectivity index (χ1v) is 10.1. The van der Waals surface area contributed by atoms with E-state index in [0.717, 1.165) is 34.1 Å². The van der Waals surface area contributed by atoms with Crippen molar-refractivity contribution in [1.82, 2.24) is 4.98 Å². The molecular formula is C23H28N4O. The first kappa shape index (κ1) is 20.0. The summed E-state index contributed by atoms with van der Waals surface area (Å²) >= 11 is 0. The fourth-order valence-electron chi connectivity index (χ4n) is 3.47. The van der Waals surface area contributed by atoms with Gasteiger partial charge in [0.15, 0.2) is 0 Å². The van der Waals surface area contributed by atoms with Gasteiger partial charge in [-0.25, -0.2) is 4.98 Å². The highest BCUT2D eigenvalue weighted by molar-refractivity contribution is 6.00. The number of pyridine rings is 1. The van der Waals surface area contributed by atoms with E-state index in [4.69, 9.17) is 10.3 Å². The predicted molar refractivity (Wildman–Crippen MR) is 116 cm³/mol. The van der Waals surface area contributed by atoms with Gasteiger partial charge in [0.05, 0.1) is 23.3 Å². The summed E-state index contributed by atoms with van der Waals surface area (Å²) in [7, 11) is 0. The first-order chi connectivity index (χ1) is 13.6. The first-order valence-electron chi connectivity index (χ1n) is 10.1. The summed E-state index contributed by atoms with van der Waals surface area (Å²) in [5.41, 5.74) is 11.3. The fraction of sp³-hybridized carbons (Fsp3) is 0.435. The van der Waals surface area contributed by atoms with Crippen LogP contribution in [0.15, 0.2) is 47.6 Å². The number of hydrogen-bond acceptors (Lipinski definition) is 3. The van der Waals surface area contributed by atoms with Crippen LogP contribution in [0.2, 0.25) is 0 Å². The molecule has 0 aliphatic carbocycles. The third-order valence-corrected chi connectivity index (χ3v) is 5.13. The normalized spacial score (nSPS) is 12.3. The van der Waals surface area contributed by atoms with Gasteiger partial charge in [-0.3, -0.25) is 0 Å². The van der Waals surface area contributed by atoms with Crippen molar-refractivity contribution in [2.75, 3.05) is 6.61 Å². The van der Waals surface area contributed by atoms with E-state index in [0.29, 0.717) is 24.0 Å². The van der Waals surface area contributed by atoms with E-state index in [1.54, 1.807) is 0 Å². The van der Waals surface area contributed by atoms with Gasteiger partial charge in [-0.05, 0) is 48.1 Å². The molecule has 0 spiro atoms. The summed E-state index contributed by atoms with van der Waals surface area (Å²) in [5, 5.41) is 5.76. The van der Waals surface area contributed by atoms with Crippen LogP contribution in [0, 0.1) is 11.8 Å². The maximum Gasteiger partial charge on any atom is 0.129 e. The Bertz CT molecular complexity index is 992. The predicted octanol–water partition coefficient (Wildman–Crippen LogP) is 7.56. The maximum absolute atomic E-state index is 9.05. The van der Waals surface area contributed by atoms with Gasteiger partial charge < -0.3 is 4.74 Å². The molecule has 0 radical (unpaired) electrons. The molecule has 0 bridgehead atoms. The number of ether oxygens (including phenoxy) is 1. The number of para-hydroxylation sites is 1. The third-order valence-electron chi connectivity index (χ3n) is 5.13. The monoisotopic (exact) mass is 376 g/mol. The molecule has 0 fully saturated rings. The number of azide groups is 1. The van der Waals surface area contributed by atoms with Crippen molar-refractivity contribution < 1.29 is 4.74 Å². The van der Waals surface area contributed by atoms with Gasteiger partial charge in [-0.15, -0.1) is 0 Å². The lowest BCUT2D eigenvalue weighted by Gasteiger charge is -2.15. The van der Waals surface area contributed by atoms with E-state index in [1.807, 2.05) is 42.5 Å². The summed E-state index contributed by atoms with van der Waals surface area (Å²) in [4.78, 5) is 7.69. The number of hydrogen-bond donors (Lipinski definition) is 0. The zero-order chi connectivity index (χ0) is 19.9. The molecule has 3 aromatic rings. The van der Waals surface area contributed by atoms with Crippen LogP contribution in [0.25, 0.3) is 32.2 Å². The Kier molecular flexibility index (Phi) is 6.72. The smallest absolute Gasteiger partial charge is 0.129 e. The van der Waals surface area contributed by atoms with Gasteiger partial charge in [0.1, 0.15) is 5.75 Å². The topological polar surface area (TPSA) is 70.9 Å². The van der Waals surface area contributed by atoms with Crippen molar-refractivity contribution in [3.8, 4) is 5.75 Å². The molecule has 3 rings (SSSR count). The fourth-order valence-corrected chi connectivity index (χ4v) is 3.47. The van der Waals surface area contributed by atoms with Gasteiger partial charge in [0.25, 0.3) is 0 Å². The minimum atomic E-state index is 0.519. The van der Waals surface area contributed by atoms with Gasteiger partial charge in [-0.2, -0.15) is 0 Å². The molecule has 5 heteroatoms. The van der Waals surface area contributed by atoms with Crippen LogP contribution in [0.3, 0.4) is 0 Å². The van der Waals surface area contributed by atoms with Crippen LogP contribution < -0.4 is 4.74 Å². The van der Waals surface area contributed by atoms with Crippen LogP contribution in [0.5, 0.6) is 5.75 Å². The number of nitrogens with zero attached hydrogens (tertiary/aromatic N) is 4. The Labute approximate surface area is 166 Å². The molecule has 0 amide bonds. The molecule has 1 atom stereocenters. The average Bonchev–Trinajstić information content (AvgIpc) is 2.68. The average molecular weight is 377 g/mol. The Hall–Kier alpha value is -2.78. The number of fused-ring (bicyclic) bond motifs is 2. The molecule has 5 nitrogen and oxygen atoms in total. The van der Waals surface area contributed by atoms with E-state index >= 15 is 0 Å². The molecular weight excluding hydrogens is 348 g/mol. The van der Waals surface area contributed by atoms with Gasteiger partial charge in [0.2, 0.25) is 0 Å². The molecule has 1 heterocycles. The van der Waals surface area contributed by atoms with E-state index in [1.165, 1.54) is 19.3 Å². The highest BCUT2D eigenvalue weighted by Gasteiger charge is 2.11. The standard InChI is InChI=1S/C23H28N4O/c1-16(2)7-6-8-17(3)13-14-28-22-12-11-21-19(23(22)26-27-24)15-18-9-4-5-10-20(18)25-21/h4-5,9-12,15-17H,6-8,13-14H2,1-3H3. The molecule has 1 unspecified atom stereocenters. The van der Waals surface area contributed by atoms with E-state index in [2.05, 4.69) is 35.8 Å². The van der Waals surface area contributed by atoms with Crippen molar-refractivity contribution in [3.63, 3.8) is 0 Å². The molecule has 28 heavy (non-hydrogen) atoms. The zero-order valence-corrected chi connectivity index (χ0v) is 16.9. The molecule has 0 aliphatic heterocycles. The molecule has 146 valence electrons. The van der Waals surface area contributed by atoms with Crippen LogP contribution in [0.1, 0.15) is 46.5 Å². The molecule has 2 aromatic carbocycles. The second-order valence-corrected chi connectivity index (χ2v) is 7.92. The Morgan fingerprint density at radius 2 is 1.86 bits per heavy atom. The molecule has 0 saturated carbocycles. The lowest BCUT2D eigenvalue weighted by molar-refractivity contribution is 0.277. The van der Waals surface area contributed by atoms with Gasteiger partial charge in [-0.1, -0.05) is 63.3 Å². The van der Waals surface area contributed by atoms with Crippen LogP contribution in [0.4, 0.5) is 5.69 Å². The van der Waals surface area contributed by atoms with Crippen LogP contribution in [-0.4, -0.2) is 11.6 Å². The molecule has 0 N–H and O–H groups in total. The second kappa shape index (κ2) is 9.43. The van der Waals surface area contributed by atoms with Crippen molar-refractivity contribution in [3.05, 3.63) is 52.9 Å². The largest absolute Gasteiger partial charge is 0.493 e.